The van der Waals surface area contributed by atoms with Gasteiger partial charge in [-0.1, -0.05) is 54.5 Å². The van der Waals surface area contributed by atoms with Gasteiger partial charge in [-0.15, -0.1) is 5.10 Å². The summed E-state index contributed by atoms with van der Waals surface area (Å²) in [7, 11) is 0. The third-order valence-corrected chi connectivity index (χ3v) is 7.22. The summed E-state index contributed by atoms with van der Waals surface area (Å²) in [6, 6.07) is 25.5. The van der Waals surface area contributed by atoms with Gasteiger partial charge in [0, 0.05) is 5.56 Å². The van der Waals surface area contributed by atoms with E-state index in [0.29, 0.717) is 59.0 Å². The van der Waals surface area contributed by atoms with Crippen LogP contribution in [0.2, 0.25) is 0 Å². The van der Waals surface area contributed by atoms with Gasteiger partial charge in [-0.25, -0.2) is 14.6 Å². The molecule has 214 valence electrons. The lowest BCUT2D eigenvalue weighted by Crippen LogP contribution is -2.23. The van der Waals surface area contributed by atoms with Crippen LogP contribution in [0, 0.1) is 11.3 Å². The quantitative estimate of drug-likeness (QED) is 0.260. The number of rotatable bonds is 9. The Hall–Kier alpha value is -5.47. The van der Waals surface area contributed by atoms with Crippen LogP contribution in [-0.4, -0.2) is 47.6 Å². The van der Waals surface area contributed by atoms with Gasteiger partial charge in [0.05, 0.1) is 47.1 Å². The van der Waals surface area contributed by atoms with Crippen molar-refractivity contribution in [2.75, 3.05) is 11.9 Å². The van der Waals surface area contributed by atoms with Gasteiger partial charge in [-0.3, -0.25) is 15.1 Å². The first-order chi connectivity index (χ1) is 21.0. The van der Waals surface area contributed by atoms with Crippen molar-refractivity contribution in [2.24, 2.45) is 0 Å². The number of hydrogen-bond acceptors (Lipinski definition) is 9. The lowest BCUT2D eigenvalue weighted by Gasteiger charge is -2.21. The molecular weight excluding hydrogens is 544 g/mol. The molecule has 0 aliphatic heterocycles. The van der Waals surface area contributed by atoms with Gasteiger partial charge in [-0.2, -0.15) is 5.26 Å². The Morgan fingerprint density at radius 2 is 1.74 bits per heavy atom. The summed E-state index contributed by atoms with van der Waals surface area (Å²) in [6.07, 6.45) is 5.13. The van der Waals surface area contributed by atoms with Crippen LogP contribution in [0.15, 0.2) is 85.1 Å². The maximum Gasteiger partial charge on any atom is 0.264 e. The maximum absolute atomic E-state index is 12.7. The molecule has 1 saturated carbocycles. The molecule has 5 aromatic rings. The van der Waals surface area contributed by atoms with Crippen LogP contribution in [0.3, 0.4) is 0 Å². The second-order valence-corrected chi connectivity index (χ2v) is 10.4. The molecule has 11 heteroatoms. The highest BCUT2D eigenvalue weighted by Crippen LogP contribution is 2.37. The number of carbonyl (C=O) groups is 1. The molecule has 1 aliphatic rings. The Balaban J connectivity index is 1.26. The zero-order valence-electron chi connectivity index (χ0n) is 23.2. The molecule has 3 heterocycles. The molecule has 1 fully saturated rings. The Labute approximate surface area is 247 Å². The standard InChI is InChI=1S/C32H28N8O3/c33-18-22-8-6-9-23(16-22)26-17-27(36-31(35-26)37-30(41)21-43-25-11-2-1-3-12-25)28-20-40(39-38-28)19-24-10-7-13-29(34-24)32(42)14-4-5-15-32/h1-3,6-13,16-17,20,42H,4-5,14-15,19,21H2,(H,35,36,37,41). The van der Waals surface area contributed by atoms with Gasteiger partial charge >= 0.3 is 0 Å². The summed E-state index contributed by atoms with van der Waals surface area (Å²) < 4.78 is 7.20. The number of aromatic nitrogens is 6. The molecule has 0 radical (unpaired) electrons. The molecule has 1 aliphatic carbocycles. The fourth-order valence-corrected chi connectivity index (χ4v) is 5.06. The number of ether oxygens (including phenoxy) is 1. The number of amides is 1. The van der Waals surface area contributed by atoms with Crippen molar-refractivity contribution in [3.63, 3.8) is 0 Å². The molecule has 0 bridgehead atoms. The van der Waals surface area contributed by atoms with Crippen LogP contribution in [0.1, 0.15) is 42.6 Å². The van der Waals surface area contributed by atoms with E-state index in [2.05, 4.69) is 31.7 Å². The topological polar surface area (TPSA) is 152 Å². The van der Waals surface area contributed by atoms with Crippen molar-refractivity contribution < 1.29 is 14.6 Å². The van der Waals surface area contributed by atoms with Gasteiger partial charge < -0.3 is 9.84 Å². The zero-order valence-corrected chi connectivity index (χ0v) is 23.2. The van der Waals surface area contributed by atoms with Crippen LogP contribution in [0.5, 0.6) is 5.75 Å². The summed E-state index contributed by atoms with van der Waals surface area (Å²) in [5, 5.41) is 31.7. The number of para-hydroxylation sites is 1. The number of nitriles is 1. The first-order valence-corrected chi connectivity index (χ1v) is 13.9. The summed E-state index contributed by atoms with van der Waals surface area (Å²) in [6.45, 7) is 0.119. The maximum atomic E-state index is 12.7. The summed E-state index contributed by atoms with van der Waals surface area (Å²) in [5.74, 6) is 0.192. The number of nitrogens with zero attached hydrogens (tertiary/aromatic N) is 7. The monoisotopic (exact) mass is 572 g/mol. The first kappa shape index (κ1) is 27.7. The molecule has 43 heavy (non-hydrogen) atoms. The smallest absolute Gasteiger partial charge is 0.264 e. The average molecular weight is 573 g/mol. The zero-order chi connectivity index (χ0) is 29.6. The average Bonchev–Trinajstić information content (AvgIpc) is 3.70. The highest BCUT2D eigenvalue weighted by molar-refractivity contribution is 5.90. The SMILES string of the molecule is N#Cc1cccc(-c2cc(-c3cn(Cc4cccc(C5(O)CCCC5)n4)nn3)nc(NC(=O)COc3ccccc3)n2)c1. The molecule has 2 N–H and O–H groups in total. The second kappa shape index (κ2) is 12.2. The molecule has 6 rings (SSSR count). The number of benzene rings is 2. The molecule has 1 amide bonds. The molecule has 2 aromatic carbocycles. The predicted octanol–water partition coefficient (Wildman–Crippen LogP) is 4.50. The van der Waals surface area contributed by atoms with E-state index in [4.69, 9.17) is 9.72 Å². The molecule has 0 unspecified atom stereocenters. The third kappa shape index (κ3) is 6.55. The molecule has 3 aromatic heterocycles. The minimum Gasteiger partial charge on any atom is -0.484 e. The van der Waals surface area contributed by atoms with E-state index >= 15 is 0 Å². The molecular formula is C32H28N8O3. The van der Waals surface area contributed by atoms with Crippen LogP contribution in [0.4, 0.5) is 5.95 Å². The first-order valence-electron chi connectivity index (χ1n) is 13.9. The molecule has 0 saturated heterocycles. The van der Waals surface area contributed by atoms with Gasteiger partial charge in [0.1, 0.15) is 17.0 Å². The largest absolute Gasteiger partial charge is 0.484 e. The fourth-order valence-electron chi connectivity index (χ4n) is 5.06. The number of nitrogens with one attached hydrogen (secondary N) is 1. The highest BCUT2D eigenvalue weighted by atomic mass is 16.5. The van der Waals surface area contributed by atoms with Crippen molar-refractivity contribution >= 4 is 11.9 Å². The van der Waals surface area contributed by atoms with E-state index in [0.717, 1.165) is 18.5 Å². The lowest BCUT2D eigenvalue weighted by atomic mass is 9.97. The highest BCUT2D eigenvalue weighted by Gasteiger charge is 2.34. The minimum atomic E-state index is -0.878. The van der Waals surface area contributed by atoms with Crippen LogP contribution in [-0.2, 0) is 16.9 Å². The summed E-state index contributed by atoms with van der Waals surface area (Å²) in [5.41, 5.74) is 3.09. The Bertz CT molecular complexity index is 1790. The summed E-state index contributed by atoms with van der Waals surface area (Å²) in [4.78, 5) is 26.5. The van der Waals surface area contributed by atoms with Crippen LogP contribution < -0.4 is 10.1 Å². The van der Waals surface area contributed by atoms with Crippen molar-refractivity contribution in [3.05, 3.63) is 102 Å². The van der Waals surface area contributed by atoms with Gasteiger partial charge in [0.25, 0.3) is 5.91 Å². The molecule has 0 spiro atoms. The molecule has 0 atom stereocenters. The molecule has 11 nitrogen and oxygen atoms in total. The second-order valence-electron chi connectivity index (χ2n) is 10.4. The number of carbonyl (C=O) groups excluding carboxylic acids is 1. The van der Waals surface area contributed by atoms with E-state index in [1.54, 1.807) is 47.3 Å². The third-order valence-electron chi connectivity index (χ3n) is 7.22. The van der Waals surface area contributed by atoms with Crippen LogP contribution in [0.25, 0.3) is 22.6 Å². The van der Waals surface area contributed by atoms with Crippen LogP contribution >= 0.6 is 0 Å². The summed E-state index contributed by atoms with van der Waals surface area (Å²) >= 11 is 0. The van der Waals surface area contributed by atoms with E-state index < -0.39 is 11.5 Å². The number of pyridine rings is 1. The van der Waals surface area contributed by atoms with E-state index in [1.807, 2.05) is 42.5 Å². The normalized spacial score (nSPS) is 13.8. The predicted molar refractivity (Wildman–Crippen MR) is 157 cm³/mol. The fraction of sp³-hybridized carbons (Fsp3) is 0.219. The van der Waals surface area contributed by atoms with Crippen molar-refractivity contribution in [2.45, 2.75) is 37.8 Å². The van der Waals surface area contributed by atoms with Crippen molar-refractivity contribution in [1.29, 1.82) is 5.26 Å². The van der Waals surface area contributed by atoms with Gasteiger partial charge in [0.2, 0.25) is 5.95 Å². The Kier molecular flexibility index (Phi) is 7.84. The van der Waals surface area contributed by atoms with Gasteiger partial charge in [-0.05, 0) is 55.3 Å². The van der Waals surface area contributed by atoms with E-state index in [9.17, 15) is 15.2 Å². The lowest BCUT2D eigenvalue weighted by molar-refractivity contribution is -0.118. The number of hydrogen-bond donors (Lipinski definition) is 2. The minimum absolute atomic E-state index is 0.0604. The van der Waals surface area contributed by atoms with Crippen molar-refractivity contribution in [1.82, 2.24) is 29.9 Å². The van der Waals surface area contributed by atoms with Gasteiger partial charge in [0.15, 0.2) is 6.61 Å². The van der Waals surface area contributed by atoms with E-state index in [1.165, 1.54) is 0 Å². The van der Waals surface area contributed by atoms with Crippen molar-refractivity contribution in [3.8, 4) is 34.5 Å². The Morgan fingerprint density at radius 3 is 2.56 bits per heavy atom. The number of aliphatic hydroxyl groups is 1. The number of anilines is 1. The van der Waals surface area contributed by atoms with E-state index in [-0.39, 0.29) is 12.6 Å². The Morgan fingerprint density at radius 1 is 0.953 bits per heavy atom.